The quantitative estimate of drug-likeness (QED) is 0.480. The normalized spacial score (nSPS) is 21.0. The molecule has 1 saturated heterocycles. The number of fused-ring (bicyclic) bond motifs is 4. The van der Waals surface area contributed by atoms with Crippen molar-refractivity contribution in [1.82, 2.24) is 20.1 Å². The van der Waals surface area contributed by atoms with Gasteiger partial charge in [-0.1, -0.05) is 44.2 Å². The average Bonchev–Trinajstić information content (AvgIpc) is 3.50. The number of benzene rings is 2. The van der Waals surface area contributed by atoms with Gasteiger partial charge in [-0.05, 0) is 51.2 Å². The number of carbonyl (C=O) groups excluding carboxylic acids is 3. The number of rotatable bonds is 4. The lowest BCUT2D eigenvalue weighted by atomic mass is 9.85. The first-order valence-electron chi connectivity index (χ1n) is 13.0. The maximum atomic E-state index is 13.8. The average molecular weight is 594 g/mol. The van der Waals surface area contributed by atoms with Crippen LogP contribution in [0.4, 0.5) is 0 Å². The van der Waals surface area contributed by atoms with E-state index < -0.39 is 0 Å². The fraction of sp³-hybridized carbons (Fsp3) is 0.379. The lowest BCUT2D eigenvalue weighted by molar-refractivity contribution is -0.132. The molecule has 0 spiro atoms. The van der Waals surface area contributed by atoms with Gasteiger partial charge in [-0.25, -0.2) is 4.98 Å². The molecule has 3 aliphatic heterocycles. The van der Waals surface area contributed by atoms with Gasteiger partial charge in [-0.2, -0.15) is 0 Å². The van der Waals surface area contributed by atoms with Crippen LogP contribution < -0.4 is 5.32 Å². The van der Waals surface area contributed by atoms with Gasteiger partial charge >= 0.3 is 0 Å². The minimum absolute atomic E-state index is 0.0413. The molecule has 3 aliphatic rings. The second-order valence-corrected chi connectivity index (χ2v) is 13.0. The van der Waals surface area contributed by atoms with Crippen LogP contribution in [0.2, 0.25) is 0 Å². The van der Waals surface area contributed by atoms with Crippen LogP contribution in [0.25, 0.3) is 0 Å². The second kappa shape index (κ2) is 9.93. The number of thiazole rings is 1. The molecule has 2 aromatic carbocycles. The summed E-state index contributed by atoms with van der Waals surface area (Å²) in [6.07, 6.45) is 0.733. The van der Waals surface area contributed by atoms with E-state index in [4.69, 9.17) is 0 Å². The van der Waals surface area contributed by atoms with E-state index in [1.807, 2.05) is 46.2 Å². The highest BCUT2D eigenvalue weighted by Gasteiger charge is 2.44. The Labute approximate surface area is 234 Å². The Morgan fingerprint density at radius 2 is 1.89 bits per heavy atom. The van der Waals surface area contributed by atoms with Crippen molar-refractivity contribution < 1.29 is 14.4 Å². The maximum absolute atomic E-state index is 13.8. The predicted octanol–water partition coefficient (Wildman–Crippen LogP) is 4.58. The van der Waals surface area contributed by atoms with Gasteiger partial charge in [0.2, 0.25) is 5.91 Å². The number of hydrogen-bond donors (Lipinski definition) is 1. The van der Waals surface area contributed by atoms with Gasteiger partial charge in [0.15, 0.2) is 3.92 Å². The fourth-order valence-corrected chi connectivity index (χ4v) is 7.74. The molecule has 3 amide bonds. The third kappa shape index (κ3) is 4.45. The topological polar surface area (TPSA) is 82.6 Å². The molecule has 0 bridgehead atoms. The molecule has 0 aliphatic carbocycles. The largest absolute Gasteiger partial charge is 0.347 e. The Kier molecular flexibility index (Phi) is 6.60. The van der Waals surface area contributed by atoms with Crippen molar-refractivity contribution in [2.75, 3.05) is 19.6 Å². The molecule has 3 unspecified atom stereocenters. The van der Waals surface area contributed by atoms with Crippen molar-refractivity contribution in [2.45, 2.75) is 44.7 Å². The summed E-state index contributed by atoms with van der Waals surface area (Å²) in [5.74, 6) is -0.245. The number of halogens is 1. The number of nitrogens with one attached hydrogen (secondary N) is 1. The third-order valence-corrected chi connectivity index (χ3v) is 9.51. The molecule has 1 aromatic heterocycles. The highest BCUT2D eigenvalue weighted by atomic mass is 79.9. The zero-order valence-corrected chi connectivity index (χ0v) is 23.7. The molecule has 196 valence electrons. The minimum atomic E-state index is -0.241. The summed E-state index contributed by atoms with van der Waals surface area (Å²) in [7, 11) is 0. The first-order valence-corrected chi connectivity index (χ1v) is 14.6. The van der Waals surface area contributed by atoms with Gasteiger partial charge in [0.25, 0.3) is 11.8 Å². The SMILES string of the molecule is CC(C)C(C(=O)N1CC2NC(=O)c3ccc(C(=O)N4CCc5nc(Br)sc5C4)cc3C2C1)c1ccccc1. The molecule has 3 atom stereocenters. The monoisotopic (exact) mass is 592 g/mol. The predicted molar refractivity (Wildman–Crippen MR) is 149 cm³/mol. The molecular weight excluding hydrogens is 564 g/mol. The zero-order chi connectivity index (χ0) is 26.6. The summed E-state index contributed by atoms with van der Waals surface area (Å²) >= 11 is 5.02. The number of carbonyl (C=O) groups is 3. The first-order chi connectivity index (χ1) is 18.3. The van der Waals surface area contributed by atoms with Crippen molar-refractivity contribution in [1.29, 1.82) is 0 Å². The van der Waals surface area contributed by atoms with E-state index in [0.29, 0.717) is 37.3 Å². The fourth-order valence-electron chi connectivity index (χ4n) is 6.09. The minimum Gasteiger partial charge on any atom is -0.347 e. The van der Waals surface area contributed by atoms with E-state index in [0.717, 1.165) is 32.0 Å². The Morgan fingerprint density at radius 1 is 1.11 bits per heavy atom. The molecule has 7 nitrogen and oxygen atoms in total. The van der Waals surface area contributed by atoms with Gasteiger partial charge in [0, 0.05) is 48.0 Å². The molecule has 3 aromatic rings. The van der Waals surface area contributed by atoms with E-state index in [-0.39, 0.29) is 41.5 Å². The summed E-state index contributed by atoms with van der Waals surface area (Å²) in [6.45, 7) is 6.29. The highest BCUT2D eigenvalue weighted by molar-refractivity contribution is 9.11. The molecule has 1 fully saturated rings. The summed E-state index contributed by atoms with van der Waals surface area (Å²) in [6, 6.07) is 15.1. The second-order valence-electron chi connectivity index (χ2n) is 10.7. The third-order valence-electron chi connectivity index (χ3n) is 7.97. The summed E-state index contributed by atoms with van der Waals surface area (Å²) in [5.41, 5.74) is 4.10. The Bertz CT molecular complexity index is 1420. The van der Waals surface area contributed by atoms with E-state index >= 15 is 0 Å². The van der Waals surface area contributed by atoms with E-state index in [9.17, 15) is 14.4 Å². The van der Waals surface area contributed by atoms with Crippen LogP contribution in [-0.2, 0) is 17.8 Å². The maximum Gasteiger partial charge on any atom is 0.254 e. The van der Waals surface area contributed by atoms with Crippen LogP contribution in [-0.4, -0.2) is 58.2 Å². The van der Waals surface area contributed by atoms with E-state index in [1.54, 1.807) is 23.5 Å². The number of amides is 3. The standard InChI is InChI=1S/C29H29BrN4O3S/c1-16(2)25(17-6-4-3-5-7-17)28(37)34-13-21-20-12-18(8-9-19(20)26(35)31-23(21)14-34)27(36)33-11-10-22-24(15-33)38-29(30)32-22/h3-9,12,16,21,23,25H,10-11,13-15H2,1-2H3,(H,31,35). The van der Waals surface area contributed by atoms with Crippen LogP contribution in [0.3, 0.4) is 0 Å². The van der Waals surface area contributed by atoms with Gasteiger partial charge in [0.1, 0.15) is 0 Å². The van der Waals surface area contributed by atoms with Gasteiger partial charge in [-0.3, -0.25) is 14.4 Å². The van der Waals surface area contributed by atoms with E-state index in [2.05, 4.69) is 40.1 Å². The van der Waals surface area contributed by atoms with Gasteiger partial charge < -0.3 is 15.1 Å². The van der Waals surface area contributed by atoms with Crippen LogP contribution in [0.5, 0.6) is 0 Å². The van der Waals surface area contributed by atoms with Crippen molar-refractivity contribution in [3.05, 3.63) is 85.3 Å². The van der Waals surface area contributed by atoms with Crippen molar-refractivity contribution in [3.8, 4) is 0 Å². The Hall–Kier alpha value is -3.04. The van der Waals surface area contributed by atoms with Crippen LogP contribution in [0, 0.1) is 5.92 Å². The molecule has 38 heavy (non-hydrogen) atoms. The summed E-state index contributed by atoms with van der Waals surface area (Å²) in [5, 5.41) is 3.11. The van der Waals surface area contributed by atoms with Crippen LogP contribution in [0.1, 0.15) is 68.1 Å². The van der Waals surface area contributed by atoms with E-state index in [1.165, 1.54) is 0 Å². The van der Waals surface area contributed by atoms with Gasteiger partial charge in [0.05, 0.1) is 24.2 Å². The zero-order valence-electron chi connectivity index (χ0n) is 21.3. The number of aromatic nitrogens is 1. The number of hydrogen-bond acceptors (Lipinski definition) is 5. The Morgan fingerprint density at radius 3 is 2.66 bits per heavy atom. The molecule has 0 radical (unpaired) electrons. The lowest BCUT2D eigenvalue weighted by Gasteiger charge is -2.29. The van der Waals surface area contributed by atoms with Gasteiger partial charge in [-0.15, -0.1) is 11.3 Å². The molecule has 6 rings (SSSR count). The van der Waals surface area contributed by atoms with Crippen LogP contribution >= 0.6 is 27.3 Å². The first kappa shape index (κ1) is 25.2. The van der Waals surface area contributed by atoms with Crippen molar-refractivity contribution >= 4 is 45.0 Å². The highest BCUT2D eigenvalue weighted by Crippen LogP contribution is 2.37. The molecule has 4 heterocycles. The lowest BCUT2D eigenvalue weighted by Crippen LogP contribution is -2.45. The van der Waals surface area contributed by atoms with Crippen molar-refractivity contribution in [3.63, 3.8) is 0 Å². The van der Waals surface area contributed by atoms with Crippen LogP contribution in [0.15, 0.2) is 52.4 Å². The molecule has 9 heteroatoms. The molecule has 1 N–H and O–H groups in total. The van der Waals surface area contributed by atoms with Crippen molar-refractivity contribution in [2.24, 2.45) is 5.92 Å². The number of nitrogens with zero attached hydrogens (tertiary/aromatic N) is 3. The number of likely N-dealkylation sites (tertiary alicyclic amines) is 1. The summed E-state index contributed by atoms with van der Waals surface area (Å²) < 4.78 is 0.843. The smallest absolute Gasteiger partial charge is 0.254 e. The molecular formula is C29H29BrN4O3S. The summed E-state index contributed by atoms with van der Waals surface area (Å²) in [4.78, 5) is 49.6. The molecule has 0 saturated carbocycles. The Balaban J connectivity index is 1.25.